The van der Waals surface area contributed by atoms with Crippen molar-refractivity contribution < 1.29 is 32.2 Å². The first-order valence-corrected chi connectivity index (χ1v) is 9.68. The minimum Gasteiger partial charge on any atom is -0.454 e. The third-order valence-corrected chi connectivity index (χ3v) is 4.97. The van der Waals surface area contributed by atoms with Crippen molar-refractivity contribution in [2.75, 3.05) is 45.2 Å². The number of Topliss-reactive ketones (excluding diaryl/α,β-unsaturated/α-hetero) is 1. The highest BCUT2D eigenvalue weighted by Crippen LogP contribution is 2.32. The number of hydrogen-bond acceptors (Lipinski definition) is 7. The molecule has 0 spiro atoms. The monoisotopic (exact) mass is 440 g/mol. The van der Waals surface area contributed by atoms with Gasteiger partial charge in [0.05, 0.1) is 31.0 Å². The lowest BCUT2D eigenvalue weighted by atomic mass is 10.0. The van der Waals surface area contributed by atoms with Gasteiger partial charge in [-0.25, -0.2) is 9.48 Å². The van der Waals surface area contributed by atoms with E-state index in [9.17, 15) is 22.8 Å². The van der Waals surface area contributed by atoms with Crippen LogP contribution in [0.3, 0.4) is 0 Å². The number of alkyl halides is 3. The van der Waals surface area contributed by atoms with Crippen LogP contribution in [0.25, 0.3) is 0 Å². The van der Waals surface area contributed by atoms with Crippen LogP contribution in [0, 0.1) is 6.92 Å². The lowest BCUT2D eigenvalue weighted by Gasteiger charge is -2.26. The number of carbonyl (C=O) groups excluding carboxylic acids is 2. The molecule has 31 heavy (non-hydrogen) atoms. The van der Waals surface area contributed by atoms with Crippen LogP contribution in [-0.2, 0) is 22.2 Å². The van der Waals surface area contributed by atoms with E-state index in [-0.39, 0.29) is 11.4 Å². The highest BCUT2D eigenvalue weighted by atomic mass is 19.4. The van der Waals surface area contributed by atoms with Crippen LogP contribution in [-0.4, -0.2) is 65.9 Å². The summed E-state index contributed by atoms with van der Waals surface area (Å²) in [5.74, 6) is -1.79. The largest absolute Gasteiger partial charge is 0.454 e. The average molecular weight is 440 g/mol. The number of carbonyl (C=O) groups is 2. The van der Waals surface area contributed by atoms with Gasteiger partial charge in [0.15, 0.2) is 6.61 Å². The molecule has 1 aliphatic heterocycles. The zero-order valence-electron chi connectivity index (χ0n) is 16.9. The Morgan fingerprint density at radius 3 is 2.55 bits per heavy atom. The smallest absolute Gasteiger partial charge is 0.417 e. The predicted octanol–water partition coefficient (Wildman–Crippen LogP) is 2.16. The summed E-state index contributed by atoms with van der Waals surface area (Å²) in [6.45, 7) is 4.71. The molecule has 168 valence electrons. The molecule has 11 heteroatoms. The Hall–Kier alpha value is -2.92. The van der Waals surface area contributed by atoms with E-state index in [1.54, 1.807) is 6.92 Å². The number of aromatic nitrogens is 2. The molecular weight excluding hydrogens is 417 g/mol. The number of nitrogen functional groups attached to an aromatic ring is 1. The number of morpholine rings is 1. The van der Waals surface area contributed by atoms with E-state index in [2.05, 4.69) is 10.00 Å². The fourth-order valence-electron chi connectivity index (χ4n) is 3.34. The van der Waals surface area contributed by atoms with E-state index in [0.29, 0.717) is 32.0 Å². The highest BCUT2D eigenvalue weighted by molar-refractivity contribution is 6.01. The zero-order valence-corrected chi connectivity index (χ0v) is 16.9. The van der Waals surface area contributed by atoms with Gasteiger partial charge in [-0.2, -0.15) is 18.3 Å². The van der Waals surface area contributed by atoms with Crippen LogP contribution in [0.4, 0.5) is 19.0 Å². The van der Waals surface area contributed by atoms with Crippen molar-refractivity contribution in [1.29, 1.82) is 0 Å². The van der Waals surface area contributed by atoms with Crippen LogP contribution >= 0.6 is 0 Å². The Bertz CT molecular complexity index is 952. The lowest BCUT2D eigenvalue weighted by Crippen LogP contribution is -2.38. The molecule has 1 fully saturated rings. The number of esters is 1. The molecule has 0 radical (unpaired) electrons. The maximum atomic E-state index is 13.1. The number of ketones is 1. The molecule has 0 unspecified atom stereocenters. The lowest BCUT2D eigenvalue weighted by molar-refractivity contribution is -0.137. The second-order valence-electron chi connectivity index (χ2n) is 7.07. The van der Waals surface area contributed by atoms with Gasteiger partial charge in [-0.3, -0.25) is 9.69 Å². The fraction of sp³-hybridized carbons (Fsp3) is 0.450. The third kappa shape index (κ3) is 5.42. The number of rotatable bonds is 7. The molecule has 1 aromatic carbocycles. The number of hydrogen-bond donors (Lipinski definition) is 1. The Morgan fingerprint density at radius 2 is 1.87 bits per heavy atom. The number of anilines is 1. The Morgan fingerprint density at radius 1 is 1.19 bits per heavy atom. The quantitative estimate of drug-likeness (QED) is 0.520. The molecule has 1 aromatic heterocycles. The average Bonchev–Trinajstić information content (AvgIpc) is 3.03. The minimum absolute atomic E-state index is 0.00103. The van der Waals surface area contributed by atoms with Crippen molar-refractivity contribution in [2.45, 2.75) is 19.6 Å². The van der Waals surface area contributed by atoms with E-state index in [4.69, 9.17) is 15.2 Å². The van der Waals surface area contributed by atoms with Gasteiger partial charge in [-0.05, 0) is 13.0 Å². The maximum absolute atomic E-state index is 13.1. The third-order valence-electron chi connectivity index (χ3n) is 4.97. The summed E-state index contributed by atoms with van der Waals surface area (Å²) in [5.41, 5.74) is 4.71. The summed E-state index contributed by atoms with van der Waals surface area (Å²) >= 11 is 0. The number of halogens is 3. The minimum atomic E-state index is -4.70. The zero-order chi connectivity index (χ0) is 22.6. The number of nitrogens with two attached hydrogens (primary N) is 1. The SMILES string of the molecule is Cc1nn(CCN2CCOCC2)c(N)c1C(=O)OCC(=O)c1ccccc1C(F)(F)F. The van der Waals surface area contributed by atoms with Crippen molar-refractivity contribution in [2.24, 2.45) is 0 Å². The van der Waals surface area contributed by atoms with Gasteiger partial charge in [0.1, 0.15) is 11.4 Å². The summed E-state index contributed by atoms with van der Waals surface area (Å²) in [6, 6.07) is 4.34. The van der Waals surface area contributed by atoms with E-state index in [0.717, 1.165) is 25.2 Å². The standard InChI is InChI=1S/C20H23F3N4O4/c1-13-17(18(24)27(25-13)7-6-26-8-10-30-11-9-26)19(29)31-12-16(28)14-4-2-3-5-15(14)20(21,22)23/h2-5H,6-12,24H2,1H3. The molecule has 0 aliphatic carbocycles. The molecule has 0 bridgehead atoms. The van der Waals surface area contributed by atoms with E-state index >= 15 is 0 Å². The molecule has 2 N–H and O–H groups in total. The molecule has 8 nitrogen and oxygen atoms in total. The van der Waals surface area contributed by atoms with Crippen LogP contribution < -0.4 is 5.73 Å². The number of aryl methyl sites for hydroxylation is 1. The molecule has 0 atom stereocenters. The van der Waals surface area contributed by atoms with Gasteiger partial charge >= 0.3 is 12.1 Å². The number of benzene rings is 1. The summed E-state index contributed by atoms with van der Waals surface area (Å²) in [6.07, 6.45) is -4.70. The summed E-state index contributed by atoms with van der Waals surface area (Å²) in [7, 11) is 0. The molecule has 1 saturated heterocycles. The topological polar surface area (TPSA) is 99.7 Å². The van der Waals surface area contributed by atoms with Gasteiger partial charge in [0, 0.05) is 25.2 Å². The molecule has 2 aromatic rings. The predicted molar refractivity (Wildman–Crippen MR) is 105 cm³/mol. The van der Waals surface area contributed by atoms with Gasteiger partial charge in [0.2, 0.25) is 5.78 Å². The van der Waals surface area contributed by atoms with Crippen LogP contribution in [0.2, 0.25) is 0 Å². The second kappa shape index (κ2) is 9.48. The highest BCUT2D eigenvalue weighted by Gasteiger charge is 2.35. The maximum Gasteiger partial charge on any atom is 0.417 e. The first kappa shape index (κ1) is 22.8. The first-order chi connectivity index (χ1) is 14.7. The summed E-state index contributed by atoms with van der Waals surface area (Å²) in [4.78, 5) is 26.9. The second-order valence-corrected chi connectivity index (χ2v) is 7.07. The van der Waals surface area contributed by atoms with Gasteiger partial charge in [-0.1, -0.05) is 18.2 Å². The Kier molecular flexibility index (Phi) is 6.96. The number of ether oxygens (including phenoxy) is 2. The fourth-order valence-corrected chi connectivity index (χ4v) is 3.34. The van der Waals surface area contributed by atoms with Crippen molar-refractivity contribution in [3.63, 3.8) is 0 Å². The summed E-state index contributed by atoms with van der Waals surface area (Å²) < 4.78 is 51.0. The summed E-state index contributed by atoms with van der Waals surface area (Å²) in [5, 5.41) is 4.25. The Labute approximate surface area is 176 Å². The van der Waals surface area contributed by atoms with Gasteiger partial charge in [0.25, 0.3) is 0 Å². The Balaban J connectivity index is 1.64. The van der Waals surface area contributed by atoms with Gasteiger partial charge < -0.3 is 15.2 Å². The molecule has 0 saturated carbocycles. The normalized spacial score (nSPS) is 15.1. The van der Waals surface area contributed by atoms with E-state index < -0.39 is 35.7 Å². The van der Waals surface area contributed by atoms with Crippen molar-refractivity contribution in [3.05, 3.63) is 46.6 Å². The van der Waals surface area contributed by atoms with Crippen molar-refractivity contribution in [3.8, 4) is 0 Å². The van der Waals surface area contributed by atoms with Crippen LogP contribution in [0.15, 0.2) is 24.3 Å². The van der Waals surface area contributed by atoms with Crippen molar-refractivity contribution >= 4 is 17.6 Å². The molecule has 2 heterocycles. The molecule has 0 amide bonds. The van der Waals surface area contributed by atoms with E-state index in [1.165, 1.54) is 16.8 Å². The van der Waals surface area contributed by atoms with Crippen molar-refractivity contribution in [1.82, 2.24) is 14.7 Å². The molecular formula is C20H23F3N4O4. The van der Waals surface area contributed by atoms with Crippen LogP contribution in [0.5, 0.6) is 0 Å². The molecule has 1 aliphatic rings. The first-order valence-electron chi connectivity index (χ1n) is 9.68. The van der Waals surface area contributed by atoms with E-state index in [1.807, 2.05) is 0 Å². The van der Waals surface area contributed by atoms with Gasteiger partial charge in [-0.15, -0.1) is 0 Å². The van der Waals surface area contributed by atoms with Crippen LogP contribution in [0.1, 0.15) is 32.0 Å². The number of nitrogens with zero attached hydrogens (tertiary/aromatic N) is 3. The molecule has 3 rings (SSSR count).